The van der Waals surface area contributed by atoms with Crippen LogP contribution >= 0.6 is 11.3 Å². The molecule has 0 spiro atoms. The molecule has 2 rings (SSSR count). The molecule has 1 aromatic rings. The number of nitrogens with zero attached hydrogens (tertiary/aromatic N) is 1. The molecule has 1 N–H and O–H groups in total. The van der Waals surface area contributed by atoms with Crippen LogP contribution in [-0.4, -0.2) is 11.5 Å². The van der Waals surface area contributed by atoms with Crippen molar-refractivity contribution in [3.05, 3.63) is 10.6 Å². The minimum atomic E-state index is 0.305. The standard InChI is InChI=1S/C10H16N2S/c1-4-11-9-12-8-7(13-9)5-6-10(8,2)3/h4-6H2,1-3H3,(H,11,12). The van der Waals surface area contributed by atoms with Gasteiger partial charge in [0.1, 0.15) is 0 Å². The van der Waals surface area contributed by atoms with Crippen LogP contribution in [-0.2, 0) is 11.8 Å². The normalized spacial score (nSPS) is 18.7. The second kappa shape index (κ2) is 2.98. The largest absolute Gasteiger partial charge is 0.362 e. The number of thiazole rings is 1. The number of anilines is 1. The van der Waals surface area contributed by atoms with Gasteiger partial charge in [-0.3, -0.25) is 0 Å². The average molecular weight is 196 g/mol. The molecule has 1 aromatic heterocycles. The van der Waals surface area contributed by atoms with E-state index in [9.17, 15) is 0 Å². The molecule has 1 heterocycles. The van der Waals surface area contributed by atoms with Crippen LogP contribution in [0.25, 0.3) is 0 Å². The van der Waals surface area contributed by atoms with Gasteiger partial charge in [-0.1, -0.05) is 13.8 Å². The molecule has 1 aliphatic rings. The highest BCUT2D eigenvalue weighted by Crippen LogP contribution is 2.41. The Hall–Kier alpha value is -0.570. The second-order valence-corrected chi connectivity index (χ2v) is 5.29. The first-order chi connectivity index (χ1) is 6.13. The maximum atomic E-state index is 4.64. The highest BCUT2D eigenvalue weighted by Gasteiger charge is 2.33. The van der Waals surface area contributed by atoms with E-state index >= 15 is 0 Å². The first-order valence-electron chi connectivity index (χ1n) is 4.87. The molecule has 0 saturated carbocycles. The molecule has 0 radical (unpaired) electrons. The van der Waals surface area contributed by atoms with Gasteiger partial charge in [0.15, 0.2) is 5.13 Å². The zero-order valence-electron chi connectivity index (χ0n) is 8.48. The van der Waals surface area contributed by atoms with Crippen molar-refractivity contribution in [2.45, 2.75) is 39.0 Å². The van der Waals surface area contributed by atoms with Crippen molar-refractivity contribution in [1.82, 2.24) is 4.98 Å². The maximum Gasteiger partial charge on any atom is 0.183 e. The summed E-state index contributed by atoms with van der Waals surface area (Å²) in [6.45, 7) is 7.65. The van der Waals surface area contributed by atoms with Gasteiger partial charge in [0.25, 0.3) is 0 Å². The minimum absolute atomic E-state index is 0.305. The zero-order chi connectivity index (χ0) is 9.47. The van der Waals surface area contributed by atoms with Crippen molar-refractivity contribution in [2.75, 3.05) is 11.9 Å². The fraction of sp³-hybridized carbons (Fsp3) is 0.700. The van der Waals surface area contributed by atoms with E-state index in [4.69, 9.17) is 0 Å². The molecule has 0 aromatic carbocycles. The smallest absolute Gasteiger partial charge is 0.183 e. The van der Waals surface area contributed by atoms with Crippen LogP contribution in [0.3, 0.4) is 0 Å². The van der Waals surface area contributed by atoms with Crippen molar-refractivity contribution >= 4 is 16.5 Å². The summed E-state index contributed by atoms with van der Waals surface area (Å²) in [6, 6.07) is 0. The van der Waals surface area contributed by atoms with Crippen molar-refractivity contribution in [3.8, 4) is 0 Å². The highest BCUT2D eigenvalue weighted by atomic mass is 32.1. The van der Waals surface area contributed by atoms with Gasteiger partial charge in [-0.05, 0) is 19.8 Å². The number of aromatic nitrogens is 1. The van der Waals surface area contributed by atoms with Gasteiger partial charge in [-0.25, -0.2) is 4.98 Å². The molecule has 0 atom stereocenters. The number of aryl methyl sites for hydroxylation is 1. The van der Waals surface area contributed by atoms with Crippen LogP contribution in [0, 0.1) is 0 Å². The summed E-state index contributed by atoms with van der Waals surface area (Å²) in [5.41, 5.74) is 1.63. The lowest BCUT2D eigenvalue weighted by molar-refractivity contribution is 0.510. The first-order valence-corrected chi connectivity index (χ1v) is 5.69. The lowest BCUT2D eigenvalue weighted by Crippen LogP contribution is -2.13. The van der Waals surface area contributed by atoms with Crippen molar-refractivity contribution in [1.29, 1.82) is 0 Å². The van der Waals surface area contributed by atoms with Gasteiger partial charge in [0.2, 0.25) is 0 Å². The van der Waals surface area contributed by atoms with Gasteiger partial charge in [-0.2, -0.15) is 0 Å². The number of hydrogen-bond acceptors (Lipinski definition) is 3. The minimum Gasteiger partial charge on any atom is -0.362 e. The third-order valence-electron chi connectivity index (χ3n) is 2.64. The molecule has 13 heavy (non-hydrogen) atoms. The fourth-order valence-electron chi connectivity index (χ4n) is 1.82. The van der Waals surface area contributed by atoms with Gasteiger partial charge in [0, 0.05) is 16.8 Å². The molecule has 0 aliphatic heterocycles. The Morgan fingerprint density at radius 3 is 2.92 bits per heavy atom. The van der Waals surface area contributed by atoms with Crippen molar-refractivity contribution in [2.24, 2.45) is 0 Å². The van der Waals surface area contributed by atoms with E-state index in [0.717, 1.165) is 11.7 Å². The Balaban J connectivity index is 2.31. The van der Waals surface area contributed by atoms with Crippen molar-refractivity contribution in [3.63, 3.8) is 0 Å². The Kier molecular flexibility index (Phi) is 2.06. The summed E-state index contributed by atoms with van der Waals surface area (Å²) in [5, 5.41) is 4.38. The predicted octanol–water partition coefficient (Wildman–Crippen LogP) is 2.80. The molecule has 0 unspecified atom stereocenters. The zero-order valence-corrected chi connectivity index (χ0v) is 9.29. The summed E-state index contributed by atoms with van der Waals surface area (Å²) < 4.78 is 0. The monoisotopic (exact) mass is 196 g/mol. The predicted molar refractivity (Wildman–Crippen MR) is 57.6 cm³/mol. The molecule has 0 amide bonds. The second-order valence-electron chi connectivity index (χ2n) is 4.21. The third kappa shape index (κ3) is 1.46. The van der Waals surface area contributed by atoms with Crippen molar-refractivity contribution < 1.29 is 0 Å². The Morgan fingerprint density at radius 2 is 2.31 bits per heavy atom. The average Bonchev–Trinajstić information content (AvgIpc) is 2.55. The van der Waals surface area contributed by atoms with Crippen LogP contribution in [0.15, 0.2) is 0 Å². The number of hydrogen-bond donors (Lipinski definition) is 1. The molecule has 0 bridgehead atoms. The molecule has 0 saturated heterocycles. The van der Waals surface area contributed by atoms with E-state index in [1.54, 1.807) is 0 Å². The summed E-state index contributed by atoms with van der Waals surface area (Å²) in [6.07, 6.45) is 2.47. The summed E-state index contributed by atoms with van der Waals surface area (Å²) in [5.74, 6) is 0. The van der Waals surface area contributed by atoms with Gasteiger partial charge in [0.05, 0.1) is 5.69 Å². The van der Waals surface area contributed by atoms with E-state index in [1.807, 2.05) is 11.3 Å². The van der Waals surface area contributed by atoms with E-state index < -0.39 is 0 Å². The maximum absolute atomic E-state index is 4.64. The highest BCUT2D eigenvalue weighted by molar-refractivity contribution is 7.15. The van der Waals surface area contributed by atoms with E-state index in [1.165, 1.54) is 23.4 Å². The van der Waals surface area contributed by atoms with Crippen LogP contribution in [0.2, 0.25) is 0 Å². The fourth-order valence-corrected chi connectivity index (χ4v) is 3.03. The lowest BCUT2D eigenvalue weighted by atomic mass is 9.91. The van der Waals surface area contributed by atoms with Crippen LogP contribution in [0.5, 0.6) is 0 Å². The van der Waals surface area contributed by atoms with E-state index in [2.05, 4.69) is 31.1 Å². The molecule has 2 nitrogen and oxygen atoms in total. The van der Waals surface area contributed by atoms with E-state index in [-0.39, 0.29) is 0 Å². The first kappa shape index (κ1) is 9.00. The lowest BCUT2D eigenvalue weighted by Gasteiger charge is -2.15. The quantitative estimate of drug-likeness (QED) is 0.786. The molecular weight excluding hydrogens is 180 g/mol. The molecule has 1 aliphatic carbocycles. The number of nitrogens with one attached hydrogen (secondary N) is 1. The van der Waals surface area contributed by atoms with E-state index in [0.29, 0.717) is 5.41 Å². The van der Waals surface area contributed by atoms with Gasteiger partial charge in [-0.15, -0.1) is 11.3 Å². The summed E-state index contributed by atoms with van der Waals surface area (Å²) >= 11 is 1.83. The van der Waals surface area contributed by atoms with Crippen LogP contribution in [0.4, 0.5) is 5.13 Å². The van der Waals surface area contributed by atoms with Gasteiger partial charge >= 0.3 is 0 Å². The molecule has 72 valence electrons. The Labute approximate surface area is 83.4 Å². The van der Waals surface area contributed by atoms with Crippen LogP contribution < -0.4 is 5.32 Å². The SMILES string of the molecule is CCNc1nc2c(s1)CCC2(C)C. The number of fused-ring (bicyclic) bond motifs is 1. The summed E-state index contributed by atoms with van der Waals surface area (Å²) in [7, 11) is 0. The molecule has 3 heteroatoms. The third-order valence-corrected chi connectivity index (χ3v) is 3.72. The Bertz CT molecular complexity index is 315. The summed E-state index contributed by atoms with van der Waals surface area (Å²) in [4.78, 5) is 6.13. The van der Waals surface area contributed by atoms with Crippen LogP contribution in [0.1, 0.15) is 37.8 Å². The Morgan fingerprint density at radius 1 is 1.54 bits per heavy atom. The topological polar surface area (TPSA) is 24.9 Å². The molecular formula is C10H16N2S. The molecule has 0 fully saturated rings. The number of rotatable bonds is 2. The van der Waals surface area contributed by atoms with Gasteiger partial charge < -0.3 is 5.32 Å².